The molecule has 0 rings (SSSR count). The lowest BCUT2D eigenvalue weighted by Crippen LogP contribution is -2.17. The zero-order chi connectivity index (χ0) is 10.6. The van der Waals surface area contributed by atoms with Crippen LogP contribution in [0.4, 0.5) is 0 Å². The largest absolute Gasteiger partial charge is 0.378 e. The summed E-state index contributed by atoms with van der Waals surface area (Å²) < 4.78 is 15.9. The minimum absolute atomic E-state index is 0.283. The molecule has 0 heterocycles. The van der Waals surface area contributed by atoms with Crippen LogP contribution in [0.5, 0.6) is 0 Å². The van der Waals surface area contributed by atoms with Crippen molar-refractivity contribution in [3.8, 4) is 0 Å². The highest BCUT2D eigenvalue weighted by molar-refractivity contribution is 4.38. The predicted octanol–water partition coefficient (Wildman–Crippen LogP) is 0.664. The van der Waals surface area contributed by atoms with Crippen molar-refractivity contribution >= 4 is 0 Å². The fraction of sp³-hybridized carbons (Fsp3) is 1.00. The number of nitrogens with one attached hydrogen (secondary N) is 1. The first kappa shape index (κ1) is 13.8. The van der Waals surface area contributed by atoms with Crippen molar-refractivity contribution < 1.29 is 14.2 Å². The highest BCUT2D eigenvalue weighted by Crippen LogP contribution is 1.87. The highest BCUT2D eigenvalue weighted by atomic mass is 16.5. The van der Waals surface area contributed by atoms with E-state index in [2.05, 4.69) is 5.32 Å². The molecule has 0 unspecified atom stereocenters. The van der Waals surface area contributed by atoms with Crippen LogP contribution in [-0.4, -0.2) is 52.7 Å². The highest BCUT2D eigenvalue weighted by Gasteiger charge is 1.93. The average molecular weight is 205 g/mol. The minimum Gasteiger partial charge on any atom is -0.378 e. The molecule has 0 amide bonds. The van der Waals surface area contributed by atoms with Crippen LogP contribution in [0, 0.1) is 0 Å². The van der Waals surface area contributed by atoms with Gasteiger partial charge in [-0.25, -0.2) is 0 Å². The first-order valence-corrected chi connectivity index (χ1v) is 5.19. The van der Waals surface area contributed by atoms with Crippen molar-refractivity contribution in [2.75, 3.05) is 46.6 Å². The van der Waals surface area contributed by atoms with Crippen LogP contribution in [-0.2, 0) is 14.2 Å². The molecule has 0 fully saturated rings. The van der Waals surface area contributed by atoms with Crippen molar-refractivity contribution in [1.29, 1.82) is 0 Å². The molecule has 0 aromatic carbocycles. The second-order valence-electron chi connectivity index (χ2n) is 3.25. The maximum atomic E-state index is 5.31. The molecule has 0 aliphatic rings. The molecule has 0 atom stereocenters. The van der Waals surface area contributed by atoms with Gasteiger partial charge in [-0.3, -0.25) is 0 Å². The SMILES string of the molecule is CNCCOCCOCCOC(C)C. The summed E-state index contributed by atoms with van der Waals surface area (Å²) in [4.78, 5) is 0. The van der Waals surface area contributed by atoms with E-state index in [9.17, 15) is 0 Å². The normalized spacial score (nSPS) is 11.1. The molecule has 4 heteroatoms. The van der Waals surface area contributed by atoms with Gasteiger partial charge in [-0.1, -0.05) is 0 Å². The van der Waals surface area contributed by atoms with E-state index in [1.165, 1.54) is 0 Å². The van der Waals surface area contributed by atoms with Crippen molar-refractivity contribution in [2.24, 2.45) is 0 Å². The second-order valence-corrected chi connectivity index (χ2v) is 3.25. The van der Waals surface area contributed by atoms with Crippen molar-refractivity contribution in [2.45, 2.75) is 20.0 Å². The summed E-state index contributed by atoms with van der Waals surface area (Å²) >= 11 is 0. The first-order chi connectivity index (χ1) is 6.77. The fourth-order valence-electron chi connectivity index (χ4n) is 0.839. The summed E-state index contributed by atoms with van der Waals surface area (Å²) in [6, 6.07) is 0. The minimum atomic E-state index is 0.283. The van der Waals surface area contributed by atoms with E-state index < -0.39 is 0 Å². The Bertz CT molecular complexity index is 110. The molecule has 14 heavy (non-hydrogen) atoms. The first-order valence-electron chi connectivity index (χ1n) is 5.19. The van der Waals surface area contributed by atoms with E-state index in [4.69, 9.17) is 14.2 Å². The van der Waals surface area contributed by atoms with Gasteiger partial charge in [0.1, 0.15) is 0 Å². The molecule has 0 aromatic heterocycles. The molecular formula is C10H23NO3. The Kier molecular flexibility index (Phi) is 10.8. The van der Waals surface area contributed by atoms with Crippen LogP contribution >= 0.6 is 0 Å². The van der Waals surface area contributed by atoms with Gasteiger partial charge in [-0.2, -0.15) is 0 Å². The lowest BCUT2D eigenvalue weighted by atomic mass is 10.5. The summed E-state index contributed by atoms with van der Waals surface area (Å²) in [5.41, 5.74) is 0. The van der Waals surface area contributed by atoms with Gasteiger partial charge in [-0.05, 0) is 20.9 Å². The summed E-state index contributed by atoms with van der Waals surface area (Å²) in [6.45, 7) is 8.26. The van der Waals surface area contributed by atoms with Gasteiger partial charge in [0, 0.05) is 6.54 Å². The average Bonchev–Trinajstić information content (AvgIpc) is 2.15. The monoisotopic (exact) mass is 205 g/mol. The van der Waals surface area contributed by atoms with Crippen LogP contribution in [0.25, 0.3) is 0 Å². The Morgan fingerprint density at radius 1 is 0.929 bits per heavy atom. The number of rotatable bonds is 10. The van der Waals surface area contributed by atoms with Crippen LogP contribution in [0.3, 0.4) is 0 Å². The van der Waals surface area contributed by atoms with Gasteiger partial charge in [0.05, 0.1) is 39.1 Å². The van der Waals surface area contributed by atoms with Crippen molar-refractivity contribution in [3.05, 3.63) is 0 Å². The van der Waals surface area contributed by atoms with Crippen molar-refractivity contribution in [1.82, 2.24) is 5.32 Å². The number of hydrogen-bond acceptors (Lipinski definition) is 4. The van der Waals surface area contributed by atoms with Crippen LogP contribution in [0.2, 0.25) is 0 Å². The molecule has 0 bridgehead atoms. The maximum Gasteiger partial charge on any atom is 0.0703 e. The smallest absolute Gasteiger partial charge is 0.0703 e. The lowest BCUT2D eigenvalue weighted by Gasteiger charge is -2.08. The third-order valence-corrected chi connectivity index (χ3v) is 1.55. The molecule has 1 N–H and O–H groups in total. The Morgan fingerprint density at radius 2 is 1.50 bits per heavy atom. The van der Waals surface area contributed by atoms with Gasteiger partial charge in [0.25, 0.3) is 0 Å². The molecule has 86 valence electrons. The molecule has 0 aliphatic carbocycles. The van der Waals surface area contributed by atoms with Gasteiger partial charge in [-0.15, -0.1) is 0 Å². The lowest BCUT2D eigenvalue weighted by molar-refractivity contribution is -0.000922. The molecule has 0 spiro atoms. The van der Waals surface area contributed by atoms with Gasteiger partial charge in [0.2, 0.25) is 0 Å². The molecule has 0 aliphatic heterocycles. The van der Waals surface area contributed by atoms with Gasteiger partial charge >= 0.3 is 0 Å². The third-order valence-electron chi connectivity index (χ3n) is 1.55. The summed E-state index contributed by atoms with van der Waals surface area (Å²) in [6.07, 6.45) is 0.283. The molecule has 0 saturated carbocycles. The molecule has 4 nitrogen and oxygen atoms in total. The molecule has 0 radical (unpaired) electrons. The van der Waals surface area contributed by atoms with E-state index in [0.717, 1.165) is 13.2 Å². The van der Waals surface area contributed by atoms with E-state index >= 15 is 0 Å². The second kappa shape index (κ2) is 10.9. The van der Waals surface area contributed by atoms with E-state index in [1.54, 1.807) is 0 Å². The fourth-order valence-corrected chi connectivity index (χ4v) is 0.839. The Balaban J connectivity index is 2.85. The zero-order valence-electron chi connectivity index (χ0n) is 9.54. The van der Waals surface area contributed by atoms with E-state index in [1.807, 2.05) is 20.9 Å². The van der Waals surface area contributed by atoms with Crippen LogP contribution in [0.1, 0.15) is 13.8 Å². The number of likely N-dealkylation sites (N-methyl/N-ethyl adjacent to an activating group) is 1. The van der Waals surface area contributed by atoms with E-state index in [-0.39, 0.29) is 6.10 Å². The molecular weight excluding hydrogens is 182 g/mol. The Labute approximate surface area is 86.9 Å². The predicted molar refractivity (Wildman–Crippen MR) is 56.7 cm³/mol. The molecule has 0 saturated heterocycles. The third kappa shape index (κ3) is 11.8. The Hall–Kier alpha value is -0.160. The topological polar surface area (TPSA) is 39.7 Å². The van der Waals surface area contributed by atoms with Gasteiger partial charge < -0.3 is 19.5 Å². The van der Waals surface area contributed by atoms with Crippen LogP contribution in [0.15, 0.2) is 0 Å². The summed E-state index contributed by atoms with van der Waals surface area (Å²) in [5.74, 6) is 0. The quantitative estimate of drug-likeness (QED) is 0.532. The zero-order valence-corrected chi connectivity index (χ0v) is 9.54. The van der Waals surface area contributed by atoms with Gasteiger partial charge in [0.15, 0.2) is 0 Å². The Morgan fingerprint density at radius 3 is 2.07 bits per heavy atom. The molecule has 0 aromatic rings. The summed E-state index contributed by atoms with van der Waals surface area (Å²) in [5, 5.41) is 3.01. The standard InChI is InChI=1S/C10H23NO3/c1-10(2)14-9-8-13-7-6-12-5-4-11-3/h10-11H,4-9H2,1-3H3. The van der Waals surface area contributed by atoms with Crippen LogP contribution < -0.4 is 5.32 Å². The van der Waals surface area contributed by atoms with E-state index in [0.29, 0.717) is 26.4 Å². The summed E-state index contributed by atoms with van der Waals surface area (Å²) in [7, 11) is 1.91. The van der Waals surface area contributed by atoms with Crippen molar-refractivity contribution in [3.63, 3.8) is 0 Å². The number of ether oxygens (including phenoxy) is 3. The maximum absolute atomic E-state index is 5.31. The number of hydrogen-bond donors (Lipinski definition) is 1.